The maximum absolute atomic E-state index is 5.74. The predicted octanol–water partition coefficient (Wildman–Crippen LogP) is 2.34. The molecular formula is C14H21OS+. The maximum Gasteiger partial charge on any atom is 0.185 e. The zero-order valence-corrected chi connectivity index (χ0v) is 10.8. The summed E-state index contributed by atoms with van der Waals surface area (Å²) in [6, 6.07) is 0. The van der Waals surface area contributed by atoms with Crippen molar-refractivity contribution in [3.05, 3.63) is 0 Å². The largest absolute Gasteiger partial charge is 0.370 e. The quantitative estimate of drug-likeness (QED) is 0.408. The lowest BCUT2D eigenvalue weighted by molar-refractivity contribution is 0.129. The van der Waals surface area contributed by atoms with Gasteiger partial charge in [0.15, 0.2) is 22.5 Å². The van der Waals surface area contributed by atoms with Crippen molar-refractivity contribution in [3.63, 3.8) is 0 Å². The van der Waals surface area contributed by atoms with Gasteiger partial charge in [0.25, 0.3) is 0 Å². The summed E-state index contributed by atoms with van der Waals surface area (Å²) >= 11 is 1.83. The van der Waals surface area contributed by atoms with Crippen LogP contribution in [-0.4, -0.2) is 23.3 Å². The average molecular weight is 237 g/mol. The summed E-state index contributed by atoms with van der Waals surface area (Å²) < 4.78 is 5.74. The Bertz CT molecular complexity index is 329. The molecule has 0 radical (unpaired) electrons. The summed E-state index contributed by atoms with van der Waals surface area (Å²) in [5.74, 6) is 9.10. The highest BCUT2D eigenvalue weighted by Crippen LogP contribution is 2.63. The Labute approximate surface area is 102 Å². The normalized spacial score (nSPS) is 58.9. The van der Waals surface area contributed by atoms with Gasteiger partial charge < -0.3 is 4.74 Å². The standard InChI is InChI=1S/C14H21OS/c1-7(16-2)9-3-8-4-11(9)12-6-14-13(15-14)5-10(8)12/h7-14H,2-6H2,1H3/q+1. The number of epoxide rings is 1. The smallest absolute Gasteiger partial charge is 0.185 e. The number of hydrogen-bond donors (Lipinski definition) is 0. The first-order chi connectivity index (χ1) is 7.78. The van der Waals surface area contributed by atoms with Crippen LogP contribution >= 0.6 is 0 Å². The van der Waals surface area contributed by atoms with Gasteiger partial charge in [-0.25, -0.2) is 0 Å². The van der Waals surface area contributed by atoms with Crippen molar-refractivity contribution >= 4 is 17.2 Å². The van der Waals surface area contributed by atoms with Gasteiger partial charge in [0.2, 0.25) is 0 Å². The van der Waals surface area contributed by atoms with E-state index in [-0.39, 0.29) is 0 Å². The third-order valence-electron chi connectivity index (χ3n) is 5.97. The van der Waals surface area contributed by atoms with Crippen LogP contribution in [0.25, 0.3) is 0 Å². The molecule has 3 aliphatic carbocycles. The average Bonchev–Trinajstić information content (AvgIpc) is 2.81. The fourth-order valence-corrected chi connectivity index (χ4v) is 5.72. The number of hydrogen-bond acceptors (Lipinski definition) is 1. The van der Waals surface area contributed by atoms with Gasteiger partial charge in [0, 0.05) is 5.92 Å². The highest BCUT2D eigenvalue weighted by molar-refractivity contribution is 7.76. The molecule has 0 aromatic carbocycles. The summed E-state index contributed by atoms with van der Waals surface area (Å²) in [5.41, 5.74) is 0. The van der Waals surface area contributed by atoms with Crippen molar-refractivity contribution in [2.75, 3.05) is 0 Å². The van der Waals surface area contributed by atoms with E-state index >= 15 is 0 Å². The molecule has 8 unspecified atom stereocenters. The minimum absolute atomic E-state index is 0.670. The fourth-order valence-electron chi connectivity index (χ4n) is 5.16. The van der Waals surface area contributed by atoms with Crippen LogP contribution in [0, 0.1) is 29.6 Å². The third kappa shape index (κ3) is 1.23. The van der Waals surface area contributed by atoms with E-state index in [0.29, 0.717) is 12.2 Å². The summed E-state index contributed by atoms with van der Waals surface area (Å²) in [6.45, 7) is 2.39. The van der Waals surface area contributed by atoms with E-state index in [2.05, 4.69) is 12.8 Å². The molecule has 2 bridgehead atoms. The van der Waals surface area contributed by atoms with Gasteiger partial charge in [-0.2, -0.15) is 0 Å². The minimum Gasteiger partial charge on any atom is -0.370 e. The van der Waals surface area contributed by atoms with Crippen LogP contribution in [0.3, 0.4) is 0 Å². The number of fused-ring (bicyclic) bond motifs is 6. The Balaban J connectivity index is 1.57. The van der Waals surface area contributed by atoms with E-state index in [9.17, 15) is 0 Å². The minimum atomic E-state index is 0.670. The molecule has 16 heavy (non-hydrogen) atoms. The van der Waals surface area contributed by atoms with Crippen LogP contribution in [0.4, 0.5) is 0 Å². The van der Waals surface area contributed by atoms with Crippen LogP contribution in [0.1, 0.15) is 32.6 Å². The first-order valence-electron chi connectivity index (χ1n) is 6.84. The maximum atomic E-state index is 5.74. The molecule has 0 aromatic rings. The van der Waals surface area contributed by atoms with Crippen molar-refractivity contribution in [3.8, 4) is 0 Å². The molecule has 3 saturated carbocycles. The van der Waals surface area contributed by atoms with Gasteiger partial charge in [-0.05, 0) is 56.3 Å². The Kier molecular flexibility index (Phi) is 2.06. The SMILES string of the molecule is C=[S+]C(C)C1CC2CC1C1CC3OC3CC21. The lowest BCUT2D eigenvalue weighted by Crippen LogP contribution is -2.36. The zero-order valence-electron chi connectivity index (χ0n) is 9.97. The van der Waals surface area contributed by atoms with Crippen LogP contribution in [-0.2, 0) is 16.1 Å². The van der Waals surface area contributed by atoms with E-state index in [4.69, 9.17) is 4.74 Å². The van der Waals surface area contributed by atoms with Gasteiger partial charge in [0.1, 0.15) is 0 Å². The molecule has 1 nitrogen and oxygen atoms in total. The molecule has 1 heterocycles. The van der Waals surface area contributed by atoms with E-state index < -0.39 is 0 Å². The molecular weight excluding hydrogens is 216 g/mol. The molecule has 8 atom stereocenters. The van der Waals surface area contributed by atoms with Crippen LogP contribution in [0.5, 0.6) is 0 Å². The molecule has 0 spiro atoms. The van der Waals surface area contributed by atoms with Crippen LogP contribution in [0.15, 0.2) is 0 Å². The van der Waals surface area contributed by atoms with E-state index in [1.54, 1.807) is 0 Å². The molecule has 4 fully saturated rings. The molecule has 0 N–H and O–H groups in total. The Morgan fingerprint density at radius 2 is 1.81 bits per heavy atom. The highest BCUT2D eigenvalue weighted by Gasteiger charge is 2.61. The van der Waals surface area contributed by atoms with Crippen molar-refractivity contribution in [1.82, 2.24) is 0 Å². The molecule has 1 saturated heterocycles. The summed E-state index contributed by atoms with van der Waals surface area (Å²) in [5, 5.41) is 0.772. The van der Waals surface area contributed by atoms with Gasteiger partial charge in [-0.1, -0.05) is 0 Å². The van der Waals surface area contributed by atoms with E-state index in [0.717, 1.165) is 34.8 Å². The predicted molar refractivity (Wildman–Crippen MR) is 68.5 cm³/mol. The molecule has 4 aliphatic rings. The summed E-state index contributed by atoms with van der Waals surface area (Å²) in [4.78, 5) is 0. The Morgan fingerprint density at radius 1 is 1.06 bits per heavy atom. The second-order valence-corrected chi connectivity index (χ2v) is 7.52. The monoisotopic (exact) mass is 237 g/mol. The molecule has 0 amide bonds. The lowest BCUT2D eigenvalue weighted by Gasteiger charge is -2.37. The topological polar surface area (TPSA) is 12.5 Å². The Morgan fingerprint density at radius 3 is 2.56 bits per heavy atom. The van der Waals surface area contributed by atoms with Gasteiger partial charge >= 0.3 is 0 Å². The van der Waals surface area contributed by atoms with Crippen LogP contribution in [0.2, 0.25) is 0 Å². The molecule has 1 aliphatic heterocycles. The highest BCUT2D eigenvalue weighted by atomic mass is 32.1. The van der Waals surface area contributed by atoms with E-state index in [1.807, 2.05) is 11.4 Å². The van der Waals surface area contributed by atoms with Crippen molar-refractivity contribution in [1.29, 1.82) is 0 Å². The van der Waals surface area contributed by atoms with E-state index in [1.165, 1.54) is 25.7 Å². The summed E-state index contributed by atoms with van der Waals surface area (Å²) in [7, 11) is 0. The van der Waals surface area contributed by atoms with Crippen molar-refractivity contribution in [2.45, 2.75) is 50.1 Å². The molecule has 4 rings (SSSR count). The van der Waals surface area contributed by atoms with Gasteiger partial charge in [-0.15, -0.1) is 0 Å². The zero-order chi connectivity index (χ0) is 10.9. The number of ether oxygens (including phenoxy) is 1. The first-order valence-corrected chi connectivity index (χ1v) is 7.89. The van der Waals surface area contributed by atoms with Crippen molar-refractivity contribution in [2.24, 2.45) is 29.6 Å². The molecule has 2 heteroatoms. The second kappa shape index (κ2) is 3.29. The molecule has 88 valence electrons. The fraction of sp³-hybridized carbons (Fsp3) is 0.929. The van der Waals surface area contributed by atoms with Gasteiger partial charge in [-0.3, -0.25) is 0 Å². The van der Waals surface area contributed by atoms with Crippen molar-refractivity contribution < 1.29 is 4.74 Å². The second-order valence-electron chi connectivity index (χ2n) is 6.44. The Hall–Kier alpha value is 0.0500. The first kappa shape index (κ1) is 10.0. The summed E-state index contributed by atoms with van der Waals surface area (Å²) in [6.07, 6.45) is 7.16. The molecule has 0 aromatic heterocycles. The number of rotatable bonds is 2. The lowest BCUT2D eigenvalue weighted by atomic mass is 9.67. The van der Waals surface area contributed by atoms with Gasteiger partial charge in [0.05, 0.1) is 12.2 Å². The third-order valence-corrected chi connectivity index (χ3v) is 6.84. The van der Waals surface area contributed by atoms with Crippen LogP contribution < -0.4 is 0 Å².